The number of hydrogen-bond donors (Lipinski definition) is 2. The first-order valence-corrected chi connectivity index (χ1v) is 12.3. The normalized spacial score (nSPS) is 19.0. The van der Waals surface area contributed by atoms with Gasteiger partial charge in [-0.05, 0) is 37.5 Å². The second kappa shape index (κ2) is 11.3. The van der Waals surface area contributed by atoms with Gasteiger partial charge in [-0.2, -0.15) is 0 Å². The van der Waals surface area contributed by atoms with Crippen molar-refractivity contribution in [3.8, 4) is 0 Å². The van der Waals surface area contributed by atoms with Gasteiger partial charge in [0.05, 0.1) is 5.57 Å². The number of nitrogens with zero attached hydrogens (tertiary/aromatic N) is 2. The molecule has 0 radical (unpaired) electrons. The van der Waals surface area contributed by atoms with Crippen LogP contribution in [0.3, 0.4) is 0 Å². The Balaban J connectivity index is 1.18. The van der Waals surface area contributed by atoms with Crippen LogP contribution in [0.4, 0.5) is 10.5 Å². The van der Waals surface area contributed by atoms with E-state index in [-0.39, 0.29) is 29.1 Å². The first-order valence-electron chi connectivity index (χ1n) is 12.3. The number of allylic oxidation sites excluding steroid dienone is 1. The number of piperazine rings is 1. The summed E-state index contributed by atoms with van der Waals surface area (Å²) in [7, 11) is 0. The van der Waals surface area contributed by atoms with Crippen molar-refractivity contribution in [3.05, 3.63) is 77.0 Å². The van der Waals surface area contributed by atoms with Crippen LogP contribution in [0.15, 0.2) is 60.3 Å². The van der Waals surface area contributed by atoms with Crippen molar-refractivity contribution >= 4 is 23.3 Å². The van der Waals surface area contributed by atoms with Crippen LogP contribution in [0.1, 0.15) is 35.4 Å². The lowest BCUT2D eigenvalue weighted by atomic mass is 9.80. The van der Waals surface area contributed by atoms with Crippen LogP contribution in [-0.2, 0) is 9.59 Å². The Bertz CT molecular complexity index is 1060. The van der Waals surface area contributed by atoms with E-state index in [9.17, 15) is 14.4 Å². The molecule has 7 nitrogen and oxygen atoms in total. The van der Waals surface area contributed by atoms with E-state index in [0.717, 1.165) is 36.4 Å². The predicted molar refractivity (Wildman–Crippen MR) is 137 cm³/mol. The number of rotatable bonds is 6. The van der Waals surface area contributed by atoms with Crippen molar-refractivity contribution in [2.24, 2.45) is 0 Å². The highest BCUT2D eigenvalue weighted by atomic mass is 16.2. The van der Waals surface area contributed by atoms with Crippen LogP contribution in [-0.4, -0.2) is 66.7 Å². The second-order valence-electron chi connectivity index (χ2n) is 9.50. The van der Waals surface area contributed by atoms with Gasteiger partial charge in [0.25, 0.3) is 0 Å². The Hall–Kier alpha value is -3.45. The monoisotopic (exact) mass is 474 g/mol. The number of Topliss-reactive ketones (excluding diaryl/α,β-unsaturated/α-hetero) is 2. The van der Waals surface area contributed by atoms with E-state index in [4.69, 9.17) is 0 Å². The zero-order valence-corrected chi connectivity index (χ0v) is 20.5. The third-order valence-corrected chi connectivity index (χ3v) is 6.79. The third kappa shape index (κ3) is 6.57. The highest BCUT2D eigenvalue weighted by Crippen LogP contribution is 2.31. The molecule has 2 aliphatic rings. The zero-order chi connectivity index (χ0) is 24.8. The minimum atomic E-state index is -0.0903. The van der Waals surface area contributed by atoms with E-state index in [1.54, 1.807) is 6.20 Å². The molecule has 1 aliphatic heterocycles. The number of benzene rings is 2. The van der Waals surface area contributed by atoms with Crippen LogP contribution in [0.25, 0.3) is 0 Å². The highest BCUT2D eigenvalue weighted by molar-refractivity contribution is 6.22. The molecule has 2 aromatic carbocycles. The first-order chi connectivity index (χ1) is 16.9. The highest BCUT2D eigenvalue weighted by Gasteiger charge is 2.31. The van der Waals surface area contributed by atoms with E-state index in [1.165, 1.54) is 5.56 Å². The van der Waals surface area contributed by atoms with Crippen LogP contribution >= 0.6 is 0 Å². The average molecular weight is 475 g/mol. The van der Waals surface area contributed by atoms with Crippen LogP contribution in [0, 0.1) is 13.8 Å². The largest absolute Gasteiger partial charge is 0.389 e. The number of carbonyl (C=O) groups excluding carboxylic acids is 3. The molecule has 0 bridgehead atoms. The molecule has 2 aromatic rings. The van der Waals surface area contributed by atoms with Crippen molar-refractivity contribution in [2.75, 3.05) is 44.6 Å². The minimum absolute atomic E-state index is 0.0350. The van der Waals surface area contributed by atoms with Crippen molar-refractivity contribution in [3.63, 3.8) is 0 Å². The summed E-state index contributed by atoms with van der Waals surface area (Å²) in [5, 5.41) is 6.11. The summed E-state index contributed by atoms with van der Waals surface area (Å²) in [5.41, 5.74) is 4.46. The fourth-order valence-electron chi connectivity index (χ4n) is 4.54. The number of hydrogen-bond acceptors (Lipinski definition) is 5. The fourth-order valence-corrected chi connectivity index (χ4v) is 4.54. The molecule has 1 heterocycles. The number of nitrogens with one attached hydrogen (secondary N) is 2. The Morgan fingerprint density at radius 1 is 0.886 bits per heavy atom. The van der Waals surface area contributed by atoms with E-state index < -0.39 is 0 Å². The van der Waals surface area contributed by atoms with Crippen molar-refractivity contribution < 1.29 is 14.4 Å². The molecule has 1 aliphatic carbocycles. The van der Waals surface area contributed by atoms with E-state index in [1.807, 2.05) is 67.3 Å². The Morgan fingerprint density at radius 2 is 1.46 bits per heavy atom. The van der Waals surface area contributed by atoms with Gasteiger partial charge in [-0.15, -0.1) is 0 Å². The summed E-state index contributed by atoms with van der Waals surface area (Å²) >= 11 is 0. The summed E-state index contributed by atoms with van der Waals surface area (Å²) < 4.78 is 0. The quantitative estimate of drug-likeness (QED) is 0.380. The predicted octanol–water partition coefficient (Wildman–Crippen LogP) is 3.64. The molecular weight excluding hydrogens is 440 g/mol. The summed E-state index contributed by atoms with van der Waals surface area (Å²) in [4.78, 5) is 41.8. The maximum atomic E-state index is 12.6. The molecule has 0 aromatic heterocycles. The molecule has 1 saturated heterocycles. The van der Waals surface area contributed by atoms with E-state index >= 15 is 0 Å². The Morgan fingerprint density at radius 3 is 2.06 bits per heavy atom. The van der Waals surface area contributed by atoms with Gasteiger partial charge in [-0.25, -0.2) is 4.79 Å². The topological polar surface area (TPSA) is 81.8 Å². The first kappa shape index (κ1) is 24.7. The van der Waals surface area contributed by atoms with Gasteiger partial charge in [0.15, 0.2) is 11.6 Å². The van der Waals surface area contributed by atoms with Crippen molar-refractivity contribution in [2.45, 2.75) is 32.6 Å². The molecule has 2 amide bonds. The van der Waals surface area contributed by atoms with Crippen molar-refractivity contribution in [1.29, 1.82) is 0 Å². The second-order valence-corrected chi connectivity index (χ2v) is 9.50. The SMILES string of the molecule is Cc1ccc(NC(=O)N2CCN(CCNC=C3C(=O)CC(c4ccc(C)cc4)CC3=O)CC2)cc1. The van der Waals surface area contributed by atoms with Gasteiger partial charge in [-0.3, -0.25) is 14.5 Å². The minimum Gasteiger partial charge on any atom is -0.389 e. The maximum absolute atomic E-state index is 12.6. The number of urea groups is 1. The average Bonchev–Trinajstić information content (AvgIpc) is 2.85. The maximum Gasteiger partial charge on any atom is 0.321 e. The van der Waals surface area contributed by atoms with Crippen LogP contribution in [0.5, 0.6) is 0 Å². The Labute approximate surface area is 207 Å². The summed E-state index contributed by atoms with van der Waals surface area (Å²) in [6.45, 7) is 8.37. The number of aryl methyl sites for hydroxylation is 2. The molecule has 184 valence electrons. The van der Waals surface area contributed by atoms with E-state index in [2.05, 4.69) is 15.5 Å². The number of amides is 2. The smallest absolute Gasteiger partial charge is 0.321 e. The molecule has 0 atom stereocenters. The van der Waals surface area contributed by atoms with Gasteiger partial charge >= 0.3 is 6.03 Å². The molecule has 35 heavy (non-hydrogen) atoms. The molecule has 2 N–H and O–H groups in total. The van der Waals surface area contributed by atoms with Crippen LogP contribution < -0.4 is 10.6 Å². The lowest BCUT2D eigenvalue weighted by Crippen LogP contribution is -2.51. The molecule has 4 rings (SSSR count). The van der Waals surface area contributed by atoms with Gasteiger partial charge < -0.3 is 15.5 Å². The number of anilines is 1. The lowest BCUT2D eigenvalue weighted by molar-refractivity contribution is -0.124. The molecular formula is C28H34N4O3. The van der Waals surface area contributed by atoms with Crippen LogP contribution in [0.2, 0.25) is 0 Å². The fraction of sp³-hybridized carbons (Fsp3) is 0.393. The number of carbonyl (C=O) groups is 3. The summed E-state index contributed by atoms with van der Waals surface area (Å²) in [5.74, 6) is -0.215. The van der Waals surface area contributed by atoms with Crippen molar-refractivity contribution in [1.82, 2.24) is 15.1 Å². The third-order valence-electron chi connectivity index (χ3n) is 6.79. The van der Waals surface area contributed by atoms with Gasteiger partial charge in [-0.1, -0.05) is 47.5 Å². The molecule has 7 heteroatoms. The van der Waals surface area contributed by atoms with E-state index in [0.29, 0.717) is 32.5 Å². The molecule has 2 fully saturated rings. The standard InChI is InChI=1S/C28H34N4O3/c1-20-3-7-22(8-4-20)23-17-26(33)25(27(34)18-23)19-29-11-12-31-13-15-32(16-14-31)28(35)30-24-9-5-21(2)6-10-24/h3-10,19,23,29H,11-18H2,1-2H3,(H,30,35). The number of ketones is 2. The molecule has 0 unspecified atom stereocenters. The van der Waals surface area contributed by atoms with Gasteiger partial charge in [0, 0.05) is 64.0 Å². The summed E-state index contributed by atoms with van der Waals surface area (Å²) in [6, 6.07) is 15.8. The van der Waals surface area contributed by atoms with Gasteiger partial charge in [0.2, 0.25) is 0 Å². The zero-order valence-electron chi connectivity index (χ0n) is 20.5. The lowest BCUT2D eigenvalue weighted by Gasteiger charge is -2.34. The summed E-state index contributed by atoms with van der Waals surface area (Å²) in [6.07, 6.45) is 2.34. The molecule has 1 saturated carbocycles. The molecule has 0 spiro atoms. The van der Waals surface area contributed by atoms with Gasteiger partial charge in [0.1, 0.15) is 0 Å². The Kier molecular flexibility index (Phi) is 7.98.